The standard InChI is InChI=1S/C8H8F3IN2O2/c9-8(10,11)16-7-5(12)1-4(3-15)6(2-13)14-7/h1,15H,2-3,13H2. The van der Waals surface area contributed by atoms with Crippen molar-refractivity contribution in [3.05, 3.63) is 20.9 Å². The highest BCUT2D eigenvalue weighted by atomic mass is 127. The number of aliphatic hydroxyl groups excluding tert-OH is 1. The van der Waals surface area contributed by atoms with E-state index >= 15 is 0 Å². The molecule has 0 aliphatic carbocycles. The van der Waals surface area contributed by atoms with Crippen molar-refractivity contribution in [3.8, 4) is 5.88 Å². The second-order valence-electron chi connectivity index (χ2n) is 2.79. The Balaban J connectivity index is 3.11. The molecule has 0 saturated carbocycles. The Hall–Kier alpha value is -0.610. The van der Waals surface area contributed by atoms with Crippen LogP contribution < -0.4 is 10.5 Å². The number of hydrogen-bond donors (Lipinski definition) is 2. The molecule has 0 radical (unpaired) electrons. The van der Waals surface area contributed by atoms with Crippen LogP contribution in [0.3, 0.4) is 0 Å². The summed E-state index contributed by atoms with van der Waals surface area (Å²) in [6.07, 6.45) is -4.79. The number of hydrogen-bond acceptors (Lipinski definition) is 4. The van der Waals surface area contributed by atoms with Crippen LogP contribution in [0.5, 0.6) is 5.88 Å². The van der Waals surface area contributed by atoms with Gasteiger partial charge >= 0.3 is 6.36 Å². The van der Waals surface area contributed by atoms with Gasteiger partial charge in [-0.1, -0.05) is 0 Å². The second-order valence-corrected chi connectivity index (χ2v) is 3.95. The number of halogens is 4. The zero-order valence-corrected chi connectivity index (χ0v) is 10.0. The van der Waals surface area contributed by atoms with Gasteiger partial charge in [0.25, 0.3) is 0 Å². The van der Waals surface area contributed by atoms with E-state index < -0.39 is 12.2 Å². The summed E-state index contributed by atoms with van der Waals surface area (Å²) in [6.45, 7) is -0.400. The van der Waals surface area contributed by atoms with Crippen LogP contribution in [0.4, 0.5) is 13.2 Å². The predicted octanol–water partition coefficient (Wildman–Crippen LogP) is 1.54. The van der Waals surface area contributed by atoms with Gasteiger partial charge in [-0.05, 0) is 28.7 Å². The molecule has 1 aromatic heterocycles. The van der Waals surface area contributed by atoms with Crippen LogP contribution in [0.2, 0.25) is 0 Å². The fourth-order valence-electron chi connectivity index (χ4n) is 1.04. The second kappa shape index (κ2) is 5.15. The van der Waals surface area contributed by atoms with Crippen molar-refractivity contribution < 1.29 is 23.0 Å². The van der Waals surface area contributed by atoms with Gasteiger partial charge in [-0.25, -0.2) is 4.98 Å². The molecule has 0 aliphatic rings. The van der Waals surface area contributed by atoms with Crippen LogP contribution in [-0.4, -0.2) is 16.5 Å². The fraction of sp³-hybridized carbons (Fsp3) is 0.375. The van der Waals surface area contributed by atoms with E-state index in [0.29, 0.717) is 5.56 Å². The minimum absolute atomic E-state index is 0.0684. The van der Waals surface area contributed by atoms with E-state index in [1.165, 1.54) is 6.07 Å². The van der Waals surface area contributed by atoms with E-state index in [-0.39, 0.29) is 22.4 Å². The third-order valence-electron chi connectivity index (χ3n) is 1.69. The Kier molecular flexibility index (Phi) is 4.33. The smallest absolute Gasteiger partial charge is 0.392 e. The van der Waals surface area contributed by atoms with Crippen LogP contribution >= 0.6 is 22.6 Å². The average molecular weight is 348 g/mol. The molecule has 8 heteroatoms. The number of aliphatic hydroxyl groups is 1. The molecule has 16 heavy (non-hydrogen) atoms. The minimum atomic E-state index is -4.79. The molecule has 1 heterocycles. The van der Waals surface area contributed by atoms with Gasteiger partial charge in [-0.15, -0.1) is 13.2 Å². The summed E-state index contributed by atoms with van der Waals surface area (Å²) in [5, 5.41) is 8.94. The first-order valence-corrected chi connectivity index (χ1v) is 5.20. The average Bonchev–Trinajstić information content (AvgIpc) is 2.18. The third-order valence-corrected chi connectivity index (χ3v) is 2.46. The number of nitrogens with zero attached hydrogens (tertiary/aromatic N) is 1. The highest BCUT2D eigenvalue weighted by molar-refractivity contribution is 14.1. The molecule has 0 aliphatic heterocycles. The van der Waals surface area contributed by atoms with Crippen LogP contribution in [-0.2, 0) is 13.2 Å². The Morgan fingerprint density at radius 1 is 1.50 bits per heavy atom. The molecule has 0 amide bonds. The molecule has 1 rings (SSSR count). The lowest BCUT2D eigenvalue weighted by Crippen LogP contribution is -2.20. The van der Waals surface area contributed by atoms with Crippen molar-refractivity contribution in [2.75, 3.05) is 0 Å². The molecule has 0 atom stereocenters. The molecule has 1 aromatic rings. The van der Waals surface area contributed by atoms with Crippen LogP contribution in [0.1, 0.15) is 11.3 Å². The van der Waals surface area contributed by atoms with Gasteiger partial charge in [0.05, 0.1) is 15.9 Å². The third kappa shape index (κ3) is 3.46. The molecule has 0 saturated heterocycles. The highest BCUT2D eigenvalue weighted by Crippen LogP contribution is 2.27. The fourth-order valence-corrected chi connectivity index (χ4v) is 1.65. The molecule has 4 nitrogen and oxygen atoms in total. The molecular weight excluding hydrogens is 340 g/mol. The Labute approximate surface area is 103 Å². The molecule has 0 unspecified atom stereocenters. The van der Waals surface area contributed by atoms with E-state index in [4.69, 9.17) is 10.8 Å². The number of ether oxygens (including phenoxy) is 1. The van der Waals surface area contributed by atoms with Gasteiger partial charge in [-0.3, -0.25) is 0 Å². The summed E-state index contributed by atoms with van der Waals surface area (Å²) in [6, 6.07) is 1.36. The first-order valence-electron chi connectivity index (χ1n) is 4.12. The number of nitrogens with two attached hydrogens (primary N) is 1. The maximum atomic E-state index is 12.0. The van der Waals surface area contributed by atoms with E-state index in [1.54, 1.807) is 22.6 Å². The monoisotopic (exact) mass is 348 g/mol. The summed E-state index contributed by atoms with van der Waals surface area (Å²) < 4.78 is 39.9. The van der Waals surface area contributed by atoms with Crippen molar-refractivity contribution in [1.29, 1.82) is 0 Å². The maximum absolute atomic E-state index is 12.0. The van der Waals surface area contributed by atoms with Crippen LogP contribution in [0.25, 0.3) is 0 Å². The zero-order valence-electron chi connectivity index (χ0n) is 7.88. The van der Waals surface area contributed by atoms with Crippen LogP contribution in [0, 0.1) is 3.57 Å². The lowest BCUT2D eigenvalue weighted by Gasteiger charge is -2.12. The van der Waals surface area contributed by atoms with Gasteiger partial charge < -0.3 is 15.6 Å². The zero-order chi connectivity index (χ0) is 12.3. The summed E-state index contributed by atoms with van der Waals surface area (Å²) in [5.74, 6) is -0.550. The van der Waals surface area contributed by atoms with Gasteiger partial charge in [0.15, 0.2) is 0 Å². The van der Waals surface area contributed by atoms with Crippen LogP contribution in [0.15, 0.2) is 6.07 Å². The SMILES string of the molecule is NCc1nc(OC(F)(F)F)c(I)cc1CO. The van der Waals surface area contributed by atoms with E-state index in [1.807, 2.05) is 0 Å². The molecule has 0 fully saturated rings. The van der Waals surface area contributed by atoms with Crippen molar-refractivity contribution in [3.63, 3.8) is 0 Å². The number of aromatic nitrogens is 1. The normalized spacial score (nSPS) is 11.6. The maximum Gasteiger partial charge on any atom is 0.574 e. The van der Waals surface area contributed by atoms with E-state index in [2.05, 4.69) is 9.72 Å². The molecular formula is C8H8F3IN2O2. The highest BCUT2D eigenvalue weighted by Gasteiger charge is 2.33. The lowest BCUT2D eigenvalue weighted by atomic mass is 10.2. The molecule has 0 spiro atoms. The van der Waals surface area contributed by atoms with Crippen molar-refractivity contribution >= 4 is 22.6 Å². The molecule has 0 aromatic carbocycles. The van der Waals surface area contributed by atoms with Gasteiger partial charge in [-0.2, -0.15) is 0 Å². The Morgan fingerprint density at radius 3 is 2.56 bits per heavy atom. The number of alkyl halides is 3. The van der Waals surface area contributed by atoms with Crippen molar-refractivity contribution in [1.82, 2.24) is 4.98 Å². The van der Waals surface area contributed by atoms with Gasteiger partial charge in [0, 0.05) is 12.1 Å². The first-order chi connectivity index (χ1) is 7.37. The summed E-state index contributed by atoms with van der Waals surface area (Å²) in [7, 11) is 0. The topological polar surface area (TPSA) is 68.4 Å². The van der Waals surface area contributed by atoms with Crippen molar-refractivity contribution in [2.24, 2.45) is 5.73 Å². The molecule has 0 bridgehead atoms. The quantitative estimate of drug-likeness (QED) is 0.814. The molecule has 90 valence electrons. The Morgan fingerprint density at radius 2 is 2.12 bits per heavy atom. The number of pyridine rings is 1. The first kappa shape index (κ1) is 13.5. The number of rotatable bonds is 3. The predicted molar refractivity (Wildman–Crippen MR) is 57.5 cm³/mol. The molecule has 3 N–H and O–H groups in total. The largest absolute Gasteiger partial charge is 0.574 e. The van der Waals surface area contributed by atoms with Gasteiger partial charge in [0.2, 0.25) is 5.88 Å². The van der Waals surface area contributed by atoms with E-state index in [0.717, 1.165) is 0 Å². The van der Waals surface area contributed by atoms with Gasteiger partial charge in [0.1, 0.15) is 0 Å². The summed E-state index contributed by atoms with van der Waals surface area (Å²) >= 11 is 1.64. The lowest BCUT2D eigenvalue weighted by molar-refractivity contribution is -0.276. The Bertz CT molecular complexity index is 384. The minimum Gasteiger partial charge on any atom is -0.392 e. The van der Waals surface area contributed by atoms with E-state index in [9.17, 15) is 13.2 Å². The summed E-state index contributed by atoms with van der Waals surface area (Å²) in [4.78, 5) is 3.61. The summed E-state index contributed by atoms with van der Waals surface area (Å²) in [5.41, 5.74) is 5.87. The van der Waals surface area contributed by atoms with Crippen molar-refractivity contribution in [2.45, 2.75) is 19.5 Å².